The first-order chi connectivity index (χ1) is 13.6. The number of methoxy groups -OCH3 is 2. The molecule has 3 aromatic rings. The summed E-state index contributed by atoms with van der Waals surface area (Å²) in [5.41, 5.74) is 1.50. The maximum absolute atomic E-state index is 12.3. The lowest BCUT2D eigenvalue weighted by molar-refractivity contribution is 0.101. The zero-order chi connectivity index (χ0) is 19.9. The minimum atomic E-state index is -0.287. The molecule has 0 atom stereocenters. The lowest BCUT2D eigenvalue weighted by Gasteiger charge is -2.08. The van der Waals surface area contributed by atoms with E-state index in [-0.39, 0.29) is 11.8 Å². The van der Waals surface area contributed by atoms with Crippen LogP contribution in [0.5, 0.6) is 11.5 Å². The van der Waals surface area contributed by atoms with Gasteiger partial charge in [-0.15, -0.1) is 0 Å². The number of hydrogen-bond donors (Lipinski definition) is 2. The first-order valence-corrected chi connectivity index (χ1v) is 8.46. The predicted molar refractivity (Wildman–Crippen MR) is 106 cm³/mol. The van der Waals surface area contributed by atoms with Crippen LogP contribution in [0, 0.1) is 0 Å². The minimum absolute atomic E-state index is 0.264. The molecule has 142 valence electrons. The summed E-state index contributed by atoms with van der Waals surface area (Å²) in [7, 11) is 3.13. The summed E-state index contributed by atoms with van der Waals surface area (Å²) in [6.07, 6.45) is 1.48. The molecule has 1 heterocycles. The van der Waals surface area contributed by atoms with Crippen LogP contribution in [0.1, 0.15) is 20.7 Å². The summed E-state index contributed by atoms with van der Waals surface area (Å²) < 4.78 is 10.1. The second-order valence-electron chi connectivity index (χ2n) is 5.80. The van der Waals surface area contributed by atoms with Crippen LogP contribution in [0.2, 0.25) is 0 Å². The van der Waals surface area contributed by atoms with Crippen LogP contribution in [0.25, 0.3) is 0 Å². The Labute approximate surface area is 162 Å². The number of hydrogen-bond acceptors (Lipinski definition) is 5. The van der Waals surface area contributed by atoms with E-state index in [0.29, 0.717) is 34.1 Å². The summed E-state index contributed by atoms with van der Waals surface area (Å²) >= 11 is 0. The average molecular weight is 377 g/mol. The van der Waals surface area contributed by atoms with Gasteiger partial charge in [0.15, 0.2) is 0 Å². The molecule has 1 aromatic heterocycles. The number of anilines is 2. The third kappa shape index (κ3) is 4.64. The Kier molecular flexibility index (Phi) is 5.86. The summed E-state index contributed by atoms with van der Waals surface area (Å²) in [6.45, 7) is 0. The standard InChI is InChI=1S/C21H19N3O4/c1-27-17-8-3-14(4-9-17)20(25)23-16-7-12-19(22-13-16)24-21(26)15-5-10-18(28-2)11-6-15/h3-13H,1-2H3,(H,23,25)(H,22,24,26). The highest BCUT2D eigenvalue weighted by Gasteiger charge is 2.09. The van der Waals surface area contributed by atoms with Gasteiger partial charge in [0.2, 0.25) is 0 Å². The number of rotatable bonds is 6. The van der Waals surface area contributed by atoms with Gasteiger partial charge in [-0.25, -0.2) is 4.98 Å². The van der Waals surface area contributed by atoms with Crippen molar-refractivity contribution in [2.45, 2.75) is 0 Å². The maximum atomic E-state index is 12.3. The number of nitrogens with zero attached hydrogens (tertiary/aromatic N) is 1. The van der Waals surface area contributed by atoms with Crippen LogP contribution in [-0.4, -0.2) is 31.0 Å². The van der Waals surface area contributed by atoms with E-state index in [1.165, 1.54) is 6.20 Å². The summed E-state index contributed by atoms with van der Waals surface area (Å²) in [6, 6.07) is 16.8. The molecule has 2 N–H and O–H groups in total. The normalized spacial score (nSPS) is 10.1. The molecule has 28 heavy (non-hydrogen) atoms. The highest BCUT2D eigenvalue weighted by atomic mass is 16.5. The number of aromatic nitrogens is 1. The van der Waals surface area contributed by atoms with Crippen molar-refractivity contribution in [3.8, 4) is 11.5 Å². The van der Waals surface area contributed by atoms with Gasteiger partial charge in [-0.2, -0.15) is 0 Å². The summed E-state index contributed by atoms with van der Waals surface area (Å²) in [5.74, 6) is 1.18. The fourth-order valence-electron chi connectivity index (χ4n) is 2.42. The molecule has 0 aliphatic carbocycles. The van der Waals surface area contributed by atoms with E-state index in [9.17, 15) is 9.59 Å². The zero-order valence-corrected chi connectivity index (χ0v) is 15.4. The van der Waals surface area contributed by atoms with Gasteiger partial charge in [0.25, 0.3) is 11.8 Å². The molecule has 2 aromatic carbocycles. The molecular weight excluding hydrogens is 358 g/mol. The van der Waals surface area contributed by atoms with E-state index in [4.69, 9.17) is 9.47 Å². The maximum Gasteiger partial charge on any atom is 0.256 e. The Hall–Kier alpha value is -3.87. The first kappa shape index (κ1) is 18.9. The van der Waals surface area contributed by atoms with Crippen molar-refractivity contribution < 1.29 is 19.1 Å². The van der Waals surface area contributed by atoms with Crippen LogP contribution < -0.4 is 20.1 Å². The van der Waals surface area contributed by atoms with E-state index in [1.807, 2.05) is 0 Å². The van der Waals surface area contributed by atoms with Gasteiger partial charge in [-0.3, -0.25) is 9.59 Å². The molecule has 0 radical (unpaired) electrons. The molecule has 2 amide bonds. The van der Waals surface area contributed by atoms with Gasteiger partial charge >= 0.3 is 0 Å². The Morgan fingerprint density at radius 3 is 1.64 bits per heavy atom. The van der Waals surface area contributed by atoms with Crippen LogP contribution >= 0.6 is 0 Å². The SMILES string of the molecule is COc1ccc(C(=O)Nc2ccc(NC(=O)c3ccc(OC)cc3)nc2)cc1. The Morgan fingerprint density at radius 2 is 1.21 bits per heavy atom. The van der Waals surface area contributed by atoms with Gasteiger partial charge in [-0.05, 0) is 60.7 Å². The quantitative estimate of drug-likeness (QED) is 0.685. The summed E-state index contributed by atoms with van der Waals surface area (Å²) in [5, 5.41) is 5.45. The largest absolute Gasteiger partial charge is 0.497 e. The highest BCUT2D eigenvalue weighted by Crippen LogP contribution is 2.16. The van der Waals surface area contributed by atoms with E-state index in [0.717, 1.165) is 0 Å². The fraction of sp³-hybridized carbons (Fsp3) is 0.0952. The molecule has 0 saturated heterocycles. The molecule has 3 rings (SSSR count). The van der Waals surface area contributed by atoms with Gasteiger partial charge in [0.05, 0.1) is 26.1 Å². The zero-order valence-electron chi connectivity index (χ0n) is 15.4. The first-order valence-electron chi connectivity index (χ1n) is 8.46. The van der Waals surface area contributed by atoms with E-state index in [1.54, 1.807) is 74.9 Å². The van der Waals surface area contributed by atoms with E-state index < -0.39 is 0 Å². The minimum Gasteiger partial charge on any atom is -0.497 e. The molecular formula is C21H19N3O4. The van der Waals surface area contributed by atoms with Crippen LogP contribution in [0.4, 0.5) is 11.5 Å². The monoisotopic (exact) mass is 377 g/mol. The Balaban J connectivity index is 1.60. The van der Waals surface area contributed by atoms with Crippen molar-refractivity contribution in [1.82, 2.24) is 4.98 Å². The molecule has 7 nitrogen and oxygen atoms in total. The van der Waals surface area contributed by atoms with E-state index >= 15 is 0 Å². The smallest absolute Gasteiger partial charge is 0.256 e. The van der Waals surface area contributed by atoms with Gasteiger partial charge in [0.1, 0.15) is 17.3 Å². The Bertz CT molecular complexity index is 872. The third-order valence-electron chi connectivity index (χ3n) is 3.97. The van der Waals surface area contributed by atoms with Crippen molar-refractivity contribution in [3.05, 3.63) is 78.0 Å². The number of carbonyl (C=O) groups is 2. The molecule has 0 spiro atoms. The lowest BCUT2D eigenvalue weighted by Crippen LogP contribution is -2.14. The lowest BCUT2D eigenvalue weighted by atomic mass is 10.2. The number of ether oxygens (including phenoxy) is 2. The summed E-state index contributed by atoms with van der Waals surface area (Å²) in [4.78, 5) is 28.7. The molecule has 0 aliphatic heterocycles. The fourth-order valence-corrected chi connectivity index (χ4v) is 2.42. The number of nitrogens with one attached hydrogen (secondary N) is 2. The topological polar surface area (TPSA) is 89.6 Å². The number of pyridine rings is 1. The van der Waals surface area contributed by atoms with Crippen LogP contribution in [0.15, 0.2) is 66.9 Å². The molecule has 0 bridgehead atoms. The second kappa shape index (κ2) is 8.68. The molecule has 7 heteroatoms. The van der Waals surface area contributed by atoms with Gasteiger partial charge < -0.3 is 20.1 Å². The number of carbonyl (C=O) groups excluding carboxylic acids is 2. The molecule has 0 fully saturated rings. The van der Waals surface area contributed by atoms with Crippen molar-refractivity contribution in [2.75, 3.05) is 24.9 Å². The highest BCUT2D eigenvalue weighted by molar-refractivity contribution is 6.05. The predicted octanol–water partition coefficient (Wildman–Crippen LogP) is 3.60. The van der Waals surface area contributed by atoms with E-state index in [2.05, 4.69) is 15.6 Å². The van der Waals surface area contributed by atoms with Crippen LogP contribution in [0.3, 0.4) is 0 Å². The Morgan fingerprint density at radius 1 is 0.714 bits per heavy atom. The number of benzene rings is 2. The van der Waals surface area contributed by atoms with Gasteiger partial charge in [-0.1, -0.05) is 0 Å². The van der Waals surface area contributed by atoms with Crippen LogP contribution in [-0.2, 0) is 0 Å². The third-order valence-corrected chi connectivity index (χ3v) is 3.97. The second-order valence-corrected chi connectivity index (χ2v) is 5.80. The molecule has 0 unspecified atom stereocenters. The van der Waals surface area contributed by atoms with Crippen molar-refractivity contribution >= 4 is 23.3 Å². The van der Waals surface area contributed by atoms with Gasteiger partial charge in [0, 0.05) is 11.1 Å². The van der Waals surface area contributed by atoms with Crippen molar-refractivity contribution in [2.24, 2.45) is 0 Å². The number of amides is 2. The molecule has 0 aliphatic rings. The average Bonchev–Trinajstić information content (AvgIpc) is 2.75. The van der Waals surface area contributed by atoms with Crippen molar-refractivity contribution in [1.29, 1.82) is 0 Å². The molecule has 0 saturated carbocycles. The van der Waals surface area contributed by atoms with Crippen molar-refractivity contribution in [3.63, 3.8) is 0 Å².